The predicted molar refractivity (Wildman–Crippen MR) is 80.8 cm³/mol. The molecule has 3 heteroatoms. The molecule has 1 aliphatic carbocycles. The molecule has 1 fully saturated rings. The van der Waals surface area contributed by atoms with E-state index in [4.69, 9.17) is 16.3 Å². The third-order valence-corrected chi connectivity index (χ3v) is 4.03. The minimum absolute atomic E-state index is 0.318. The fourth-order valence-corrected chi connectivity index (χ4v) is 2.51. The molecule has 2 rings (SSSR count). The fourth-order valence-electron chi connectivity index (χ4n) is 2.38. The zero-order valence-electron chi connectivity index (χ0n) is 11.9. The van der Waals surface area contributed by atoms with E-state index in [2.05, 4.69) is 24.4 Å². The van der Waals surface area contributed by atoms with Gasteiger partial charge in [-0.15, -0.1) is 0 Å². The molecule has 1 saturated carbocycles. The highest BCUT2D eigenvalue weighted by Crippen LogP contribution is 2.21. The van der Waals surface area contributed by atoms with E-state index < -0.39 is 0 Å². The van der Waals surface area contributed by atoms with Gasteiger partial charge in [0.05, 0.1) is 6.10 Å². The molecule has 1 aromatic rings. The molecule has 1 aliphatic rings. The second-order valence-corrected chi connectivity index (χ2v) is 6.10. The largest absolute Gasteiger partial charge is 0.382 e. The Morgan fingerprint density at radius 2 is 2.00 bits per heavy atom. The fraction of sp³-hybridized carbons (Fsp3) is 0.625. The molecular weight excluding hydrogens is 258 g/mol. The molecule has 106 valence electrons. The molecule has 0 aromatic heterocycles. The van der Waals surface area contributed by atoms with Gasteiger partial charge in [-0.1, -0.05) is 23.7 Å². The normalized spacial score (nSPS) is 18.3. The van der Waals surface area contributed by atoms with Crippen LogP contribution in [-0.4, -0.2) is 25.8 Å². The van der Waals surface area contributed by atoms with Gasteiger partial charge in [0.2, 0.25) is 0 Å². The van der Waals surface area contributed by atoms with Crippen molar-refractivity contribution in [3.63, 3.8) is 0 Å². The van der Waals surface area contributed by atoms with Crippen molar-refractivity contribution in [3.05, 3.63) is 34.9 Å². The van der Waals surface area contributed by atoms with Crippen LogP contribution in [0.25, 0.3) is 0 Å². The minimum Gasteiger partial charge on any atom is -0.382 e. The molecule has 0 bridgehead atoms. The zero-order chi connectivity index (χ0) is 13.7. The maximum absolute atomic E-state index is 5.93. The third kappa shape index (κ3) is 5.52. The second-order valence-electron chi connectivity index (χ2n) is 5.66. The van der Waals surface area contributed by atoms with Crippen LogP contribution in [0.15, 0.2) is 24.3 Å². The molecule has 0 spiro atoms. The number of halogens is 1. The summed E-state index contributed by atoms with van der Waals surface area (Å²) in [6.07, 6.45) is 5.18. The van der Waals surface area contributed by atoms with Crippen LogP contribution in [-0.2, 0) is 11.2 Å². The van der Waals surface area contributed by atoms with Crippen LogP contribution in [0.1, 0.15) is 31.7 Å². The van der Waals surface area contributed by atoms with Gasteiger partial charge in [-0.3, -0.25) is 0 Å². The summed E-state index contributed by atoms with van der Waals surface area (Å²) in [7, 11) is 1.79. The molecule has 1 N–H and O–H groups in total. The number of hydrogen-bond acceptors (Lipinski definition) is 2. The maximum atomic E-state index is 5.93. The standard InChI is InChI=1S/C16H24ClNO/c1-12(19-2)9-14(11-18-16-7-8-16)10-13-3-5-15(17)6-4-13/h3-6,12,14,16,18H,7-11H2,1-2H3. The summed E-state index contributed by atoms with van der Waals surface area (Å²) in [5, 5.41) is 4.44. The third-order valence-electron chi connectivity index (χ3n) is 3.78. The molecule has 0 radical (unpaired) electrons. The van der Waals surface area contributed by atoms with Crippen molar-refractivity contribution in [1.82, 2.24) is 5.32 Å². The minimum atomic E-state index is 0.318. The number of rotatable bonds is 8. The van der Waals surface area contributed by atoms with Crippen LogP contribution in [0.5, 0.6) is 0 Å². The van der Waals surface area contributed by atoms with E-state index in [-0.39, 0.29) is 0 Å². The van der Waals surface area contributed by atoms with Crippen molar-refractivity contribution in [2.24, 2.45) is 5.92 Å². The molecular formula is C16H24ClNO. The van der Waals surface area contributed by atoms with Crippen LogP contribution in [0.2, 0.25) is 5.02 Å². The van der Waals surface area contributed by atoms with Gasteiger partial charge >= 0.3 is 0 Å². The lowest BCUT2D eigenvalue weighted by Crippen LogP contribution is -2.28. The van der Waals surface area contributed by atoms with E-state index in [1.165, 1.54) is 18.4 Å². The van der Waals surface area contributed by atoms with E-state index in [0.717, 1.165) is 30.5 Å². The van der Waals surface area contributed by atoms with Gasteiger partial charge in [-0.25, -0.2) is 0 Å². The number of ether oxygens (including phenoxy) is 1. The van der Waals surface area contributed by atoms with Crippen molar-refractivity contribution in [3.8, 4) is 0 Å². The first-order valence-corrected chi connectivity index (χ1v) is 7.55. The van der Waals surface area contributed by atoms with Crippen molar-refractivity contribution >= 4 is 11.6 Å². The van der Waals surface area contributed by atoms with E-state index >= 15 is 0 Å². The first-order chi connectivity index (χ1) is 9.17. The number of hydrogen-bond donors (Lipinski definition) is 1. The topological polar surface area (TPSA) is 21.3 Å². The first-order valence-electron chi connectivity index (χ1n) is 7.18. The Morgan fingerprint density at radius 3 is 2.58 bits per heavy atom. The number of nitrogens with one attached hydrogen (secondary N) is 1. The quantitative estimate of drug-likeness (QED) is 0.785. The van der Waals surface area contributed by atoms with Gasteiger partial charge in [0.15, 0.2) is 0 Å². The lowest BCUT2D eigenvalue weighted by molar-refractivity contribution is 0.0945. The SMILES string of the molecule is COC(C)CC(CNC1CC1)Cc1ccc(Cl)cc1. The Hall–Kier alpha value is -0.570. The number of benzene rings is 1. The van der Waals surface area contributed by atoms with Gasteiger partial charge in [0.1, 0.15) is 0 Å². The van der Waals surface area contributed by atoms with Crippen molar-refractivity contribution in [2.45, 2.75) is 44.8 Å². The highest BCUT2D eigenvalue weighted by molar-refractivity contribution is 6.30. The molecule has 1 aromatic carbocycles. The van der Waals surface area contributed by atoms with E-state index in [9.17, 15) is 0 Å². The van der Waals surface area contributed by atoms with Crippen LogP contribution >= 0.6 is 11.6 Å². The van der Waals surface area contributed by atoms with Crippen molar-refractivity contribution < 1.29 is 4.74 Å². The van der Waals surface area contributed by atoms with E-state index in [0.29, 0.717) is 12.0 Å². The highest BCUT2D eigenvalue weighted by atomic mass is 35.5. The summed E-state index contributed by atoms with van der Waals surface area (Å²) in [6.45, 7) is 3.23. The summed E-state index contributed by atoms with van der Waals surface area (Å²) in [5.74, 6) is 0.622. The zero-order valence-corrected chi connectivity index (χ0v) is 12.6. The van der Waals surface area contributed by atoms with Crippen LogP contribution < -0.4 is 5.32 Å². The Bertz CT molecular complexity index is 375. The summed E-state index contributed by atoms with van der Waals surface area (Å²) >= 11 is 5.93. The predicted octanol–water partition coefficient (Wildman–Crippen LogP) is 3.68. The van der Waals surface area contributed by atoms with Gasteiger partial charge < -0.3 is 10.1 Å². The highest BCUT2D eigenvalue weighted by Gasteiger charge is 2.22. The molecule has 19 heavy (non-hydrogen) atoms. The van der Waals surface area contributed by atoms with Gasteiger partial charge in [-0.2, -0.15) is 0 Å². The van der Waals surface area contributed by atoms with Crippen LogP contribution in [0.4, 0.5) is 0 Å². The first kappa shape index (κ1) is 14.8. The Kier molecular flexibility index (Phi) is 5.68. The molecule has 0 aliphatic heterocycles. The van der Waals surface area contributed by atoms with Crippen molar-refractivity contribution in [1.29, 1.82) is 0 Å². The molecule has 0 saturated heterocycles. The lowest BCUT2D eigenvalue weighted by Gasteiger charge is -2.21. The molecule has 0 amide bonds. The van der Waals surface area contributed by atoms with Gasteiger partial charge in [-0.05, 0) is 62.8 Å². The summed E-state index contributed by atoms with van der Waals surface area (Å²) in [6, 6.07) is 8.98. The van der Waals surface area contributed by atoms with Gasteiger partial charge in [0, 0.05) is 18.2 Å². The van der Waals surface area contributed by atoms with Crippen LogP contribution in [0.3, 0.4) is 0 Å². The Labute approximate surface area is 121 Å². The lowest BCUT2D eigenvalue weighted by atomic mass is 9.94. The monoisotopic (exact) mass is 281 g/mol. The molecule has 0 heterocycles. The summed E-state index contributed by atoms with van der Waals surface area (Å²) in [4.78, 5) is 0. The average molecular weight is 282 g/mol. The molecule has 2 unspecified atom stereocenters. The van der Waals surface area contributed by atoms with E-state index in [1.807, 2.05) is 12.1 Å². The smallest absolute Gasteiger partial charge is 0.0546 e. The maximum Gasteiger partial charge on any atom is 0.0546 e. The van der Waals surface area contributed by atoms with Gasteiger partial charge in [0.25, 0.3) is 0 Å². The Balaban J connectivity index is 1.88. The Morgan fingerprint density at radius 1 is 1.32 bits per heavy atom. The summed E-state index contributed by atoms with van der Waals surface area (Å²) < 4.78 is 5.41. The van der Waals surface area contributed by atoms with E-state index in [1.54, 1.807) is 7.11 Å². The number of methoxy groups -OCH3 is 1. The second kappa shape index (κ2) is 7.28. The molecule has 2 nitrogen and oxygen atoms in total. The average Bonchev–Trinajstić information content (AvgIpc) is 3.22. The van der Waals surface area contributed by atoms with Crippen molar-refractivity contribution in [2.75, 3.05) is 13.7 Å². The van der Waals surface area contributed by atoms with Crippen LogP contribution in [0, 0.1) is 5.92 Å². The molecule has 2 atom stereocenters. The summed E-state index contributed by atoms with van der Waals surface area (Å²) in [5.41, 5.74) is 1.36.